The van der Waals surface area contributed by atoms with Crippen molar-refractivity contribution < 1.29 is 9.53 Å². The molecule has 1 aromatic carbocycles. The van der Waals surface area contributed by atoms with Gasteiger partial charge in [-0.25, -0.2) is 5.43 Å². The number of hydrogen-bond donors (Lipinski definition) is 3. The lowest BCUT2D eigenvalue weighted by atomic mass is 10.1. The van der Waals surface area contributed by atoms with Crippen LogP contribution in [0.1, 0.15) is 5.56 Å². The molecule has 1 aliphatic rings. The van der Waals surface area contributed by atoms with E-state index >= 15 is 0 Å². The maximum absolute atomic E-state index is 11.7. The molecule has 4 N–H and O–H groups in total. The van der Waals surface area contributed by atoms with E-state index in [0.717, 1.165) is 5.56 Å². The van der Waals surface area contributed by atoms with E-state index in [4.69, 9.17) is 22.1 Å². The van der Waals surface area contributed by atoms with Crippen LogP contribution in [0.15, 0.2) is 24.3 Å². The average Bonchev–Trinajstić information content (AvgIpc) is 2.74. The Hall–Kier alpha value is -1.14. The average molecular weight is 256 g/mol. The van der Waals surface area contributed by atoms with Gasteiger partial charge in [-0.2, -0.15) is 0 Å². The van der Waals surface area contributed by atoms with Gasteiger partial charge in [0, 0.05) is 23.2 Å². The van der Waals surface area contributed by atoms with Crippen LogP contribution in [0.4, 0.5) is 0 Å². The van der Waals surface area contributed by atoms with Crippen LogP contribution in [0.2, 0.25) is 5.02 Å². The molecule has 6 heteroatoms. The summed E-state index contributed by atoms with van der Waals surface area (Å²) in [6, 6.07) is 6.47. The van der Waals surface area contributed by atoms with Crippen molar-refractivity contribution in [1.82, 2.24) is 10.9 Å². The van der Waals surface area contributed by atoms with Crippen LogP contribution in [0.25, 0.3) is 0 Å². The smallest absolute Gasteiger partial charge is 0.326 e. The van der Waals surface area contributed by atoms with Crippen LogP contribution >= 0.6 is 11.6 Å². The molecule has 0 bridgehead atoms. The van der Waals surface area contributed by atoms with E-state index < -0.39 is 6.04 Å². The van der Waals surface area contributed by atoms with Gasteiger partial charge in [-0.05, 0) is 6.07 Å². The van der Waals surface area contributed by atoms with Crippen molar-refractivity contribution in [1.29, 1.82) is 0 Å². The van der Waals surface area contributed by atoms with Crippen LogP contribution in [-0.4, -0.2) is 24.6 Å². The number of nitrogens with two attached hydrogens (primary N) is 1. The molecular weight excluding hydrogens is 242 g/mol. The van der Waals surface area contributed by atoms with Crippen molar-refractivity contribution in [2.24, 2.45) is 5.73 Å². The molecule has 0 aliphatic carbocycles. The molecule has 0 spiro atoms. The number of rotatable bonds is 3. The summed E-state index contributed by atoms with van der Waals surface area (Å²) in [4.78, 5) is 11.7. The predicted molar refractivity (Wildman–Crippen MR) is 64.1 cm³/mol. The molecule has 0 saturated carbocycles. The quantitative estimate of drug-likeness (QED) is 0.672. The predicted octanol–water partition coefficient (Wildman–Crippen LogP) is 0.187. The fraction of sp³-hybridized carbons (Fsp3) is 0.364. The Morgan fingerprint density at radius 1 is 1.53 bits per heavy atom. The molecule has 1 fully saturated rings. The van der Waals surface area contributed by atoms with Gasteiger partial charge in [-0.1, -0.05) is 29.8 Å². The SMILES string of the molecule is NC1CNNC1C(=O)OCc1ccccc1Cl. The van der Waals surface area contributed by atoms with Gasteiger partial charge in [0.25, 0.3) is 0 Å². The van der Waals surface area contributed by atoms with Crippen molar-refractivity contribution in [2.75, 3.05) is 6.54 Å². The summed E-state index contributed by atoms with van der Waals surface area (Å²) >= 11 is 5.95. The first kappa shape index (κ1) is 12.3. The van der Waals surface area contributed by atoms with Gasteiger partial charge in [0.05, 0.1) is 0 Å². The molecular formula is C11H14ClN3O2. The number of halogens is 1. The molecule has 1 aliphatic heterocycles. The lowest BCUT2D eigenvalue weighted by Crippen LogP contribution is -2.45. The van der Waals surface area contributed by atoms with Gasteiger partial charge < -0.3 is 10.5 Å². The standard InChI is InChI=1S/C11H14ClN3O2/c12-8-4-2-1-3-7(8)6-17-11(16)10-9(13)5-14-15-10/h1-4,9-10,14-15H,5-6,13H2. The molecule has 5 nitrogen and oxygen atoms in total. The van der Waals surface area contributed by atoms with Gasteiger partial charge in [-0.15, -0.1) is 0 Å². The van der Waals surface area contributed by atoms with E-state index in [1.54, 1.807) is 6.07 Å². The lowest BCUT2D eigenvalue weighted by Gasteiger charge is -2.13. The van der Waals surface area contributed by atoms with Crippen molar-refractivity contribution in [2.45, 2.75) is 18.7 Å². The zero-order valence-electron chi connectivity index (χ0n) is 9.15. The Bertz CT molecular complexity index is 413. The number of esters is 1. The van der Waals surface area contributed by atoms with E-state index in [1.807, 2.05) is 18.2 Å². The Kier molecular flexibility index (Phi) is 3.96. The van der Waals surface area contributed by atoms with E-state index in [2.05, 4.69) is 10.9 Å². The molecule has 1 heterocycles. The Labute approximate surface area is 104 Å². The molecule has 2 unspecified atom stereocenters. The Morgan fingerprint density at radius 2 is 2.29 bits per heavy atom. The maximum atomic E-state index is 11.7. The van der Waals surface area contributed by atoms with Crippen LogP contribution in [0, 0.1) is 0 Å². The minimum absolute atomic E-state index is 0.156. The topological polar surface area (TPSA) is 76.4 Å². The number of ether oxygens (including phenoxy) is 1. The summed E-state index contributed by atoms with van der Waals surface area (Å²) in [5, 5.41) is 0.585. The minimum Gasteiger partial charge on any atom is -0.460 e. The summed E-state index contributed by atoms with van der Waals surface area (Å²) in [6.45, 7) is 0.704. The fourth-order valence-electron chi connectivity index (χ4n) is 1.60. The number of benzene rings is 1. The molecule has 0 aromatic heterocycles. The van der Waals surface area contributed by atoms with Crippen molar-refractivity contribution in [3.8, 4) is 0 Å². The normalized spacial score (nSPS) is 23.6. The second-order valence-electron chi connectivity index (χ2n) is 3.87. The zero-order chi connectivity index (χ0) is 12.3. The molecule has 92 valence electrons. The molecule has 1 saturated heterocycles. The van der Waals surface area contributed by atoms with E-state index in [9.17, 15) is 4.79 Å². The summed E-state index contributed by atoms with van der Waals surface area (Å²) in [5.74, 6) is -0.373. The zero-order valence-corrected chi connectivity index (χ0v) is 9.91. The molecule has 2 rings (SSSR count). The Balaban J connectivity index is 1.90. The number of nitrogens with one attached hydrogen (secondary N) is 2. The largest absolute Gasteiger partial charge is 0.460 e. The third-order valence-corrected chi connectivity index (χ3v) is 2.97. The van der Waals surface area contributed by atoms with Crippen LogP contribution in [0.5, 0.6) is 0 Å². The summed E-state index contributed by atoms with van der Waals surface area (Å²) in [7, 11) is 0. The highest BCUT2D eigenvalue weighted by molar-refractivity contribution is 6.31. The summed E-state index contributed by atoms with van der Waals surface area (Å²) < 4.78 is 5.16. The monoisotopic (exact) mass is 255 g/mol. The second kappa shape index (κ2) is 5.46. The number of carbonyl (C=O) groups excluding carboxylic acids is 1. The van der Waals surface area contributed by atoms with E-state index in [1.165, 1.54) is 0 Å². The summed E-state index contributed by atoms with van der Waals surface area (Å²) in [5.41, 5.74) is 12.1. The number of carbonyl (C=O) groups is 1. The van der Waals surface area contributed by atoms with Crippen molar-refractivity contribution >= 4 is 17.6 Å². The first-order valence-electron chi connectivity index (χ1n) is 5.32. The highest BCUT2D eigenvalue weighted by Crippen LogP contribution is 2.16. The molecule has 2 atom stereocenters. The Morgan fingerprint density at radius 3 is 2.94 bits per heavy atom. The minimum atomic E-state index is -0.502. The number of hydrogen-bond acceptors (Lipinski definition) is 5. The molecule has 1 aromatic rings. The third-order valence-electron chi connectivity index (χ3n) is 2.61. The fourth-order valence-corrected chi connectivity index (χ4v) is 1.79. The van der Waals surface area contributed by atoms with E-state index in [0.29, 0.717) is 11.6 Å². The highest BCUT2D eigenvalue weighted by atomic mass is 35.5. The molecule has 17 heavy (non-hydrogen) atoms. The van der Waals surface area contributed by atoms with Gasteiger partial charge >= 0.3 is 5.97 Å². The molecule has 0 amide bonds. The van der Waals surface area contributed by atoms with Gasteiger partial charge in [0.1, 0.15) is 12.6 Å². The first-order chi connectivity index (χ1) is 8.18. The molecule has 0 radical (unpaired) electrons. The third kappa shape index (κ3) is 2.95. The van der Waals surface area contributed by atoms with Crippen LogP contribution in [0.3, 0.4) is 0 Å². The van der Waals surface area contributed by atoms with Crippen LogP contribution in [-0.2, 0) is 16.1 Å². The second-order valence-corrected chi connectivity index (χ2v) is 4.27. The van der Waals surface area contributed by atoms with Gasteiger partial charge in [0.15, 0.2) is 0 Å². The van der Waals surface area contributed by atoms with Gasteiger partial charge in [-0.3, -0.25) is 10.2 Å². The van der Waals surface area contributed by atoms with Crippen LogP contribution < -0.4 is 16.6 Å². The maximum Gasteiger partial charge on any atom is 0.326 e. The summed E-state index contributed by atoms with van der Waals surface area (Å²) in [6.07, 6.45) is 0. The van der Waals surface area contributed by atoms with E-state index in [-0.39, 0.29) is 18.6 Å². The number of hydrazine groups is 1. The van der Waals surface area contributed by atoms with Crippen molar-refractivity contribution in [3.63, 3.8) is 0 Å². The highest BCUT2D eigenvalue weighted by Gasteiger charge is 2.31. The van der Waals surface area contributed by atoms with Gasteiger partial charge in [0.2, 0.25) is 0 Å². The van der Waals surface area contributed by atoms with Crippen molar-refractivity contribution in [3.05, 3.63) is 34.9 Å². The first-order valence-corrected chi connectivity index (χ1v) is 5.70. The lowest BCUT2D eigenvalue weighted by molar-refractivity contribution is -0.147.